The van der Waals surface area contributed by atoms with E-state index in [1.807, 2.05) is 0 Å². The molecule has 5 nitrogen and oxygen atoms in total. The van der Waals surface area contributed by atoms with E-state index in [2.05, 4.69) is 5.32 Å². The summed E-state index contributed by atoms with van der Waals surface area (Å²) in [5, 5.41) is 4.87. The molecule has 1 heterocycles. The largest absolute Gasteiger partial charge is 0.462 e. The van der Waals surface area contributed by atoms with Crippen LogP contribution in [0, 0.1) is 0 Å². The number of nitrogens with two attached hydrogens (primary N) is 1. The summed E-state index contributed by atoms with van der Waals surface area (Å²) < 4.78 is 4.86. The second-order valence-corrected chi connectivity index (χ2v) is 3.89. The molecule has 0 aliphatic carbocycles. The quantitative estimate of drug-likeness (QED) is 0.760. The minimum absolute atomic E-state index is 0.199. The van der Waals surface area contributed by atoms with Gasteiger partial charge in [0.25, 0.3) is 0 Å². The van der Waals surface area contributed by atoms with Crippen LogP contribution in [0.15, 0.2) is 11.4 Å². The van der Waals surface area contributed by atoms with Crippen molar-refractivity contribution in [3.05, 3.63) is 17.0 Å². The maximum atomic E-state index is 11.5. The SMILES string of the molecule is CCOC(=O)c1ccsc1NC(=O)CCN. The molecule has 6 heteroatoms. The number of amides is 1. The minimum atomic E-state index is -0.424. The van der Waals surface area contributed by atoms with Crippen LogP contribution in [0.5, 0.6) is 0 Å². The van der Waals surface area contributed by atoms with Crippen LogP contribution in [-0.4, -0.2) is 25.0 Å². The molecule has 1 rings (SSSR count). The second-order valence-electron chi connectivity index (χ2n) is 2.97. The highest BCUT2D eigenvalue weighted by Gasteiger charge is 2.15. The van der Waals surface area contributed by atoms with Crippen molar-refractivity contribution >= 4 is 28.2 Å². The van der Waals surface area contributed by atoms with E-state index in [-0.39, 0.29) is 18.9 Å². The number of carbonyl (C=O) groups excluding carboxylic acids is 2. The van der Waals surface area contributed by atoms with Gasteiger partial charge in [-0.05, 0) is 18.4 Å². The van der Waals surface area contributed by atoms with Crippen LogP contribution < -0.4 is 11.1 Å². The van der Waals surface area contributed by atoms with Crippen LogP contribution >= 0.6 is 11.3 Å². The molecule has 88 valence electrons. The smallest absolute Gasteiger partial charge is 0.341 e. The van der Waals surface area contributed by atoms with Gasteiger partial charge >= 0.3 is 5.97 Å². The molecular weight excluding hydrogens is 228 g/mol. The number of anilines is 1. The van der Waals surface area contributed by atoms with E-state index in [0.29, 0.717) is 17.2 Å². The summed E-state index contributed by atoms with van der Waals surface area (Å²) in [5.41, 5.74) is 5.64. The Morgan fingerprint density at radius 1 is 1.56 bits per heavy atom. The second kappa shape index (κ2) is 6.24. The molecule has 0 saturated carbocycles. The summed E-state index contributed by atoms with van der Waals surface area (Å²) in [5.74, 6) is -0.623. The van der Waals surface area contributed by atoms with Crippen molar-refractivity contribution in [3.8, 4) is 0 Å². The Hall–Kier alpha value is -1.40. The van der Waals surface area contributed by atoms with Gasteiger partial charge in [-0.15, -0.1) is 11.3 Å². The average molecular weight is 242 g/mol. The topological polar surface area (TPSA) is 81.4 Å². The highest BCUT2D eigenvalue weighted by molar-refractivity contribution is 7.14. The van der Waals surface area contributed by atoms with Gasteiger partial charge in [0.2, 0.25) is 5.91 Å². The van der Waals surface area contributed by atoms with Gasteiger partial charge in [0.15, 0.2) is 0 Å². The molecular formula is C10H14N2O3S. The number of carbonyl (C=O) groups is 2. The zero-order valence-electron chi connectivity index (χ0n) is 8.99. The number of hydrogen-bond acceptors (Lipinski definition) is 5. The molecule has 1 amide bonds. The summed E-state index contributed by atoms with van der Waals surface area (Å²) in [7, 11) is 0. The summed E-state index contributed by atoms with van der Waals surface area (Å²) >= 11 is 1.28. The Labute approximate surface area is 97.6 Å². The van der Waals surface area contributed by atoms with E-state index < -0.39 is 5.97 Å². The molecule has 0 atom stereocenters. The van der Waals surface area contributed by atoms with Crippen LogP contribution in [0.2, 0.25) is 0 Å². The van der Waals surface area contributed by atoms with Gasteiger partial charge in [-0.25, -0.2) is 4.79 Å². The number of ether oxygens (including phenoxy) is 1. The molecule has 1 aromatic heterocycles. The van der Waals surface area contributed by atoms with Crippen molar-refractivity contribution in [2.45, 2.75) is 13.3 Å². The van der Waals surface area contributed by atoms with E-state index in [1.54, 1.807) is 18.4 Å². The van der Waals surface area contributed by atoms with Crippen molar-refractivity contribution in [3.63, 3.8) is 0 Å². The number of hydrogen-bond donors (Lipinski definition) is 2. The first-order chi connectivity index (χ1) is 7.69. The van der Waals surface area contributed by atoms with Gasteiger partial charge in [0.05, 0.1) is 12.2 Å². The molecule has 3 N–H and O–H groups in total. The average Bonchev–Trinajstić information content (AvgIpc) is 2.66. The van der Waals surface area contributed by atoms with Gasteiger partial charge < -0.3 is 15.8 Å². The standard InChI is InChI=1S/C10H14N2O3S/c1-2-15-10(14)7-4-6-16-9(7)12-8(13)3-5-11/h4,6H,2-3,5,11H2,1H3,(H,12,13). The fraction of sp³-hybridized carbons (Fsp3) is 0.400. The summed E-state index contributed by atoms with van der Waals surface area (Å²) in [6.07, 6.45) is 0.236. The molecule has 0 unspecified atom stereocenters. The molecule has 0 saturated heterocycles. The Bertz CT molecular complexity index is 376. The van der Waals surface area contributed by atoms with E-state index in [4.69, 9.17) is 10.5 Å². The fourth-order valence-corrected chi connectivity index (χ4v) is 1.89. The molecule has 0 bridgehead atoms. The van der Waals surface area contributed by atoms with Crippen LogP contribution in [0.4, 0.5) is 5.00 Å². The maximum absolute atomic E-state index is 11.5. The monoisotopic (exact) mass is 242 g/mol. The molecule has 0 aromatic carbocycles. The highest BCUT2D eigenvalue weighted by Crippen LogP contribution is 2.24. The van der Waals surface area contributed by atoms with E-state index >= 15 is 0 Å². The van der Waals surface area contributed by atoms with Gasteiger partial charge in [-0.2, -0.15) is 0 Å². The van der Waals surface area contributed by atoms with Crippen molar-refractivity contribution in [2.75, 3.05) is 18.5 Å². The normalized spacial score (nSPS) is 9.88. The molecule has 0 aliphatic heterocycles. The summed E-state index contributed by atoms with van der Waals surface area (Å²) in [6.45, 7) is 2.33. The first kappa shape index (κ1) is 12.7. The third kappa shape index (κ3) is 3.32. The Kier molecular flexibility index (Phi) is 4.94. The molecule has 0 spiro atoms. The van der Waals surface area contributed by atoms with Crippen LogP contribution in [0.1, 0.15) is 23.7 Å². The molecule has 0 fully saturated rings. The minimum Gasteiger partial charge on any atom is -0.462 e. The number of nitrogens with one attached hydrogen (secondary N) is 1. The molecule has 0 radical (unpaired) electrons. The van der Waals surface area contributed by atoms with Crippen molar-refractivity contribution in [1.82, 2.24) is 0 Å². The highest BCUT2D eigenvalue weighted by atomic mass is 32.1. The predicted molar refractivity (Wildman–Crippen MR) is 62.6 cm³/mol. The van der Waals surface area contributed by atoms with Crippen molar-refractivity contribution < 1.29 is 14.3 Å². The van der Waals surface area contributed by atoms with Gasteiger partial charge in [-0.3, -0.25) is 4.79 Å². The Morgan fingerprint density at radius 2 is 2.31 bits per heavy atom. The molecule has 16 heavy (non-hydrogen) atoms. The van der Waals surface area contributed by atoms with E-state index in [9.17, 15) is 9.59 Å². The third-order valence-corrected chi connectivity index (χ3v) is 2.61. The Balaban J connectivity index is 2.70. The lowest BCUT2D eigenvalue weighted by atomic mass is 10.3. The van der Waals surface area contributed by atoms with Crippen LogP contribution in [-0.2, 0) is 9.53 Å². The predicted octanol–water partition coefficient (Wildman–Crippen LogP) is 1.21. The van der Waals surface area contributed by atoms with Crippen molar-refractivity contribution in [2.24, 2.45) is 5.73 Å². The molecule has 1 aromatic rings. The lowest BCUT2D eigenvalue weighted by Crippen LogP contribution is -2.17. The summed E-state index contributed by atoms with van der Waals surface area (Å²) in [4.78, 5) is 22.8. The Morgan fingerprint density at radius 3 is 2.94 bits per heavy atom. The fourth-order valence-electron chi connectivity index (χ4n) is 1.10. The number of esters is 1. The summed E-state index contributed by atoms with van der Waals surface area (Å²) in [6, 6.07) is 1.63. The van der Waals surface area contributed by atoms with E-state index in [1.165, 1.54) is 11.3 Å². The van der Waals surface area contributed by atoms with Crippen molar-refractivity contribution in [1.29, 1.82) is 0 Å². The lowest BCUT2D eigenvalue weighted by molar-refractivity contribution is -0.116. The van der Waals surface area contributed by atoms with Gasteiger partial charge in [0.1, 0.15) is 5.00 Å². The maximum Gasteiger partial charge on any atom is 0.341 e. The van der Waals surface area contributed by atoms with Gasteiger partial charge in [-0.1, -0.05) is 0 Å². The first-order valence-corrected chi connectivity index (χ1v) is 5.81. The van der Waals surface area contributed by atoms with Gasteiger partial charge in [0, 0.05) is 13.0 Å². The third-order valence-electron chi connectivity index (χ3n) is 1.78. The first-order valence-electron chi connectivity index (χ1n) is 4.93. The lowest BCUT2D eigenvalue weighted by Gasteiger charge is -2.05. The van der Waals surface area contributed by atoms with E-state index in [0.717, 1.165) is 0 Å². The van der Waals surface area contributed by atoms with Crippen LogP contribution in [0.25, 0.3) is 0 Å². The zero-order valence-corrected chi connectivity index (χ0v) is 9.80. The number of thiophene rings is 1. The number of rotatable bonds is 5. The zero-order chi connectivity index (χ0) is 12.0. The van der Waals surface area contributed by atoms with Crippen LogP contribution in [0.3, 0.4) is 0 Å². The molecule has 0 aliphatic rings.